The zero-order valence-electron chi connectivity index (χ0n) is 12.4. The van der Waals surface area contributed by atoms with Crippen LogP contribution in [0, 0.1) is 0 Å². The van der Waals surface area contributed by atoms with Crippen LogP contribution in [0.2, 0.25) is 0 Å². The van der Waals surface area contributed by atoms with Gasteiger partial charge in [-0.1, -0.05) is 12.1 Å². The maximum absolute atomic E-state index is 11.7. The molecule has 7 heteroatoms. The molecule has 1 unspecified atom stereocenters. The summed E-state index contributed by atoms with van der Waals surface area (Å²) in [6.07, 6.45) is 2.03. The van der Waals surface area contributed by atoms with Crippen LogP contribution in [0.25, 0.3) is 0 Å². The topological polar surface area (TPSA) is 78.9 Å². The average Bonchev–Trinajstić information content (AvgIpc) is 2.93. The molecule has 0 bridgehead atoms. The maximum Gasteiger partial charge on any atom is 0.322 e. The van der Waals surface area contributed by atoms with E-state index in [0.717, 1.165) is 30.7 Å². The SMILES string of the molecule is COc1ccc(C2CCCN2CC(=O)NCC(=O)O)cc1.Cl. The highest BCUT2D eigenvalue weighted by molar-refractivity contribution is 5.85. The first-order valence-corrected chi connectivity index (χ1v) is 6.96. The Labute approximate surface area is 135 Å². The lowest BCUT2D eigenvalue weighted by molar-refractivity contribution is -0.138. The fourth-order valence-corrected chi connectivity index (χ4v) is 2.63. The van der Waals surface area contributed by atoms with Crippen molar-refractivity contribution in [1.29, 1.82) is 0 Å². The zero-order valence-corrected chi connectivity index (χ0v) is 13.3. The summed E-state index contributed by atoms with van der Waals surface area (Å²) < 4.78 is 5.14. The van der Waals surface area contributed by atoms with E-state index in [1.807, 2.05) is 24.3 Å². The predicted molar refractivity (Wildman–Crippen MR) is 84.4 cm³/mol. The van der Waals surface area contributed by atoms with Gasteiger partial charge < -0.3 is 15.2 Å². The molecular weight excluding hydrogens is 308 g/mol. The third-order valence-electron chi connectivity index (χ3n) is 3.65. The van der Waals surface area contributed by atoms with E-state index in [1.165, 1.54) is 0 Å². The number of carbonyl (C=O) groups excluding carboxylic acids is 1. The van der Waals surface area contributed by atoms with Gasteiger partial charge in [0, 0.05) is 6.04 Å². The number of amides is 1. The van der Waals surface area contributed by atoms with Crippen LogP contribution in [0.3, 0.4) is 0 Å². The lowest BCUT2D eigenvalue weighted by atomic mass is 10.0. The molecule has 1 atom stereocenters. The molecule has 0 spiro atoms. The minimum absolute atomic E-state index is 0. The number of carboxylic acids is 1. The Morgan fingerprint density at radius 3 is 2.64 bits per heavy atom. The number of benzene rings is 1. The van der Waals surface area contributed by atoms with Gasteiger partial charge in [0.25, 0.3) is 0 Å². The monoisotopic (exact) mass is 328 g/mol. The average molecular weight is 329 g/mol. The van der Waals surface area contributed by atoms with Crippen molar-refractivity contribution in [2.24, 2.45) is 0 Å². The first-order chi connectivity index (χ1) is 10.1. The van der Waals surface area contributed by atoms with Gasteiger partial charge in [-0.05, 0) is 37.1 Å². The number of nitrogens with one attached hydrogen (secondary N) is 1. The first kappa shape index (κ1) is 18.3. The molecule has 6 nitrogen and oxygen atoms in total. The van der Waals surface area contributed by atoms with Crippen molar-refractivity contribution >= 4 is 24.3 Å². The molecule has 0 saturated carbocycles. The third kappa shape index (κ3) is 4.89. The number of carbonyl (C=O) groups is 2. The van der Waals surface area contributed by atoms with Gasteiger partial charge in [0.2, 0.25) is 5.91 Å². The van der Waals surface area contributed by atoms with Crippen LogP contribution in [0.4, 0.5) is 0 Å². The molecule has 22 heavy (non-hydrogen) atoms. The smallest absolute Gasteiger partial charge is 0.322 e. The van der Waals surface area contributed by atoms with Crippen LogP contribution in [0.15, 0.2) is 24.3 Å². The second-order valence-electron chi connectivity index (χ2n) is 5.07. The highest BCUT2D eigenvalue weighted by Crippen LogP contribution is 2.32. The summed E-state index contributed by atoms with van der Waals surface area (Å²) in [5.41, 5.74) is 1.15. The van der Waals surface area contributed by atoms with Gasteiger partial charge in [0.1, 0.15) is 12.3 Å². The van der Waals surface area contributed by atoms with Crippen molar-refractivity contribution in [3.05, 3.63) is 29.8 Å². The van der Waals surface area contributed by atoms with Crippen LogP contribution in [0.1, 0.15) is 24.4 Å². The van der Waals surface area contributed by atoms with Crippen LogP contribution in [-0.2, 0) is 9.59 Å². The van der Waals surface area contributed by atoms with Crippen molar-refractivity contribution in [3.8, 4) is 5.75 Å². The number of halogens is 1. The summed E-state index contributed by atoms with van der Waals surface area (Å²) >= 11 is 0. The van der Waals surface area contributed by atoms with Gasteiger partial charge in [0.05, 0.1) is 13.7 Å². The Morgan fingerprint density at radius 2 is 2.05 bits per heavy atom. The standard InChI is InChI=1S/C15H20N2O4.ClH/c1-21-12-6-4-11(5-7-12)13-3-2-8-17(13)10-14(18)16-9-15(19)20;/h4-7,13H,2-3,8-10H2,1H3,(H,16,18)(H,19,20);1H. The molecule has 1 saturated heterocycles. The van der Waals surface area contributed by atoms with Crippen molar-refractivity contribution in [2.75, 3.05) is 26.7 Å². The van der Waals surface area contributed by atoms with Crippen LogP contribution in [0.5, 0.6) is 5.75 Å². The highest BCUT2D eigenvalue weighted by Gasteiger charge is 2.27. The molecule has 2 rings (SSSR count). The summed E-state index contributed by atoms with van der Waals surface area (Å²) in [5, 5.41) is 11.0. The second-order valence-corrected chi connectivity index (χ2v) is 5.07. The molecule has 1 fully saturated rings. The van der Waals surface area contributed by atoms with Crippen LogP contribution < -0.4 is 10.1 Å². The van der Waals surface area contributed by atoms with E-state index >= 15 is 0 Å². The second kappa shape index (κ2) is 8.60. The van der Waals surface area contributed by atoms with E-state index in [-0.39, 0.29) is 37.4 Å². The van der Waals surface area contributed by atoms with E-state index in [9.17, 15) is 9.59 Å². The van der Waals surface area contributed by atoms with Gasteiger partial charge in [-0.2, -0.15) is 0 Å². The number of ether oxygens (including phenoxy) is 1. The maximum atomic E-state index is 11.7. The predicted octanol–water partition coefficient (Wildman–Crippen LogP) is 1.45. The fourth-order valence-electron chi connectivity index (χ4n) is 2.63. The summed E-state index contributed by atoms with van der Waals surface area (Å²) in [4.78, 5) is 24.3. The number of hydrogen-bond acceptors (Lipinski definition) is 4. The Morgan fingerprint density at radius 1 is 1.36 bits per heavy atom. The lowest BCUT2D eigenvalue weighted by Gasteiger charge is -2.24. The molecule has 122 valence electrons. The van der Waals surface area contributed by atoms with Gasteiger partial charge in [0.15, 0.2) is 0 Å². The highest BCUT2D eigenvalue weighted by atomic mass is 35.5. The number of hydrogen-bond donors (Lipinski definition) is 2. The first-order valence-electron chi connectivity index (χ1n) is 6.96. The Bertz CT molecular complexity index is 507. The molecule has 0 aromatic heterocycles. The largest absolute Gasteiger partial charge is 0.497 e. The van der Waals surface area contributed by atoms with Gasteiger partial charge in [-0.25, -0.2) is 0 Å². The molecule has 1 aliphatic rings. The molecule has 1 aromatic carbocycles. The van der Waals surface area contributed by atoms with Crippen molar-refractivity contribution in [3.63, 3.8) is 0 Å². The molecule has 1 amide bonds. The number of nitrogens with zero attached hydrogens (tertiary/aromatic N) is 1. The minimum atomic E-state index is -1.03. The van der Waals surface area contributed by atoms with Crippen molar-refractivity contribution in [1.82, 2.24) is 10.2 Å². The van der Waals surface area contributed by atoms with Crippen LogP contribution >= 0.6 is 12.4 Å². The Kier molecular flexibility index (Phi) is 7.14. The molecule has 0 radical (unpaired) electrons. The normalized spacial score (nSPS) is 17.6. The number of likely N-dealkylation sites (tertiary alicyclic amines) is 1. The Hall–Kier alpha value is -1.79. The lowest BCUT2D eigenvalue weighted by Crippen LogP contribution is -2.39. The summed E-state index contributed by atoms with van der Waals surface area (Å²) in [7, 11) is 1.63. The van der Waals surface area contributed by atoms with E-state index in [2.05, 4.69) is 10.2 Å². The summed E-state index contributed by atoms with van der Waals surface area (Å²) in [5.74, 6) is -0.475. The third-order valence-corrected chi connectivity index (χ3v) is 3.65. The van der Waals surface area contributed by atoms with E-state index in [4.69, 9.17) is 9.84 Å². The molecule has 1 heterocycles. The van der Waals surface area contributed by atoms with E-state index in [0.29, 0.717) is 0 Å². The fraction of sp³-hybridized carbons (Fsp3) is 0.467. The summed E-state index contributed by atoms with van der Waals surface area (Å²) in [6, 6.07) is 8.05. The number of carboxylic acid groups (broad SMARTS) is 1. The molecule has 0 aliphatic carbocycles. The van der Waals surface area contributed by atoms with Gasteiger partial charge >= 0.3 is 5.97 Å². The summed E-state index contributed by atoms with van der Waals surface area (Å²) in [6.45, 7) is 0.737. The number of aliphatic carboxylic acids is 1. The van der Waals surface area contributed by atoms with Gasteiger partial charge in [-0.3, -0.25) is 14.5 Å². The molecule has 1 aromatic rings. The van der Waals surface area contributed by atoms with E-state index < -0.39 is 5.97 Å². The number of rotatable bonds is 6. The quantitative estimate of drug-likeness (QED) is 0.826. The molecular formula is C15H21ClN2O4. The van der Waals surface area contributed by atoms with Crippen LogP contribution in [-0.4, -0.2) is 48.6 Å². The molecule has 2 N–H and O–H groups in total. The molecule has 1 aliphatic heterocycles. The Balaban J connectivity index is 0.00000242. The van der Waals surface area contributed by atoms with Gasteiger partial charge in [-0.15, -0.1) is 12.4 Å². The zero-order chi connectivity index (χ0) is 15.2. The number of methoxy groups -OCH3 is 1. The van der Waals surface area contributed by atoms with Crippen molar-refractivity contribution in [2.45, 2.75) is 18.9 Å². The minimum Gasteiger partial charge on any atom is -0.497 e. The van der Waals surface area contributed by atoms with Crippen molar-refractivity contribution < 1.29 is 19.4 Å². The van der Waals surface area contributed by atoms with E-state index in [1.54, 1.807) is 7.11 Å².